The molecule has 1 amide bonds. The van der Waals surface area contributed by atoms with Crippen molar-refractivity contribution in [3.8, 4) is 12.3 Å². The average molecular weight is 198 g/mol. The maximum absolute atomic E-state index is 11.2. The van der Waals surface area contributed by atoms with E-state index in [0.29, 0.717) is 13.0 Å². The van der Waals surface area contributed by atoms with E-state index in [4.69, 9.17) is 11.5 Å². The molecule has 0 aromatic heterocycles. The van der Waals surface area contributed by atoms with Gasteiger partial charge in [0, 0.05) is 6.04 Å². The Morgan fingerprint density at radius 1 is 1.57 bits per heavy atom. The molecule has 4 nitrogen and oxygen atoms in total. The number of aliphatic hydroxyl groups excluding tert-OH is 1. The molecule has 14 heavy (non-hydrogen) atoms. The third-order valence-corrected chi connectivity index (χ3v) is 1.61. The van der Waals surface area contributed by atoms with Crippen LogP contribution in [-0.2, 0) is 4.79 Å². The Balaban J connectivity index is 3.56. The second kappa shape index (κ2) is 7.36. The average Bonchev–Trinajstić information content (AvgIpc) is 2.02. The molecule has 2 atom stereocenters. The first-order chi connectivity index (χ1) is 6.56. The largest absolute Gasteiger partial charge is 0.393 e. The highest BCUT2D eigenvalue weighted by Crippen LogP contribution is 1.95. The molecule has 0 spiro atoms. The Hall–Kier alpha value is -1.05. The summed E-state index contributed by atoms with van der Waals surface area (Å²) in [6.45, 7) is 4.15. The zero-order valence-electron chi connectivity index (χ0n) is 8.71. The quantitative estimate of drug-likeness (QED) is 0.398. The van der Waals surface area contributed by atoms with E-state index in [1.165, 1.54) is 0 Å². The van der Waals surface area contributed by atoms with E-state index in [-0.39, 0.29) is 18.5 Å². The summed E-state index contributed by atoms with van der Waals surface area (Å²) in [6, 6.07) is -0.0184. The minimum atomic E-state index is -0.399. The maximum atomic E-state index is 11.2. The molecule has 0 heterocycles. The molecule has 0 aliphatic carbocycles. The number of amides is 1. The summed E-state index contributed by atoms with van der Waals surface area (Å²) in [5.41, 5.74) is 0. The SMILES string of the molecule is C#CCNCC(=O)NC(C)CC(C)O. The Morgan fingerprint density at radius 3 is 2.71 bits per heavy atom. The highest BCUT2D eigenvalue weighted by molar-refractivity contribution is 5.78. The summed E-state index contributed by atoms with van der Waals surface area (Å²) in [4.78, 5) is 11.2. The van der Waals surface area contributed by atoms with Gasteiger partial charge in [-0.3, -0.25) is 10.1 Å². The monoisotopic (exact) mass is 198 g/mol. The second-order valence-corrected chi connectivity index (χ2v) is 3.36. The minimum absolute atomic E-state index is 0.0184. The normalized spacial score (nSPS) is 14.1. The Labute approximate surface area is 85.1 Å². The molecular weight excluding hydrogens is 180 g/mol. The lowest BCUT2D eigenvalue weighted by Gasteiger charge is -2.15. The number of hydrogen-bond acceptors (Lipinski definition) is 3. The molecule has 0 saturated heterocycles. The summed E-state index contributed by atoms with van der Waals surface area (Å²) >= 11 is 0. The molecule has 0 fully saturated rings. The van der Waals surface area contributed by atoms with Crippen LogP contribution in [0.25, 0.3) is 0 Å². The van der Waals surface area contributed by atoms with Crippen molar-refractivity contribution < 1.29 is 9.90 Å². The fourth-order valence-corrected chi connectivity index (χ4v) is 1.14. The van der Waals surface area contributed by atoms with Gasteiger partial charge in [-0.15, -0.1) is 6.42 Å². The topological polar surface area (TPSA) is 61.4 Å². The third-order valence-electron chi connectivity index (χ3n) is 1.61. The van der Waals surface area contributed by atoms with Crippen LogP contribution < -0.4 is 10.6 Å². The lowest BCUT2D eigenvalue weighted by molar-refractivity contribution is -0.120. The lowest BCUT2D eigenvalue weighted by atomic mass is 10.1. The summed E-state index contributed by atoms with van der Waals surface area (Å²) in [6.07, 6.45) is 5.16. The standard InChI is InChI=1S/C10H18N2O2/c1-4-5-11-7-10(14)12-8(2)6-9(3)13/h1,8-9,11,13H,5-7H2,2-3H3,(H,12,14). The molecule has 0 rings (SSSR count). The predicted octanol–water partition coefficient (Wildman–Crippen LogP) is -0.515. The van der Waals surface area contributed by atoms with Crippen molar-refractivity contribution in [2.24, 2.45) is 0 Å². The van der Waals surface area contributed by atoms with E-state index in [9.17, 15) is 4.79 Å². The van der Waals surface area contributed by atoms with Gasteiger partial charge in [-0.05, 0) is 20.3 Å². The van der Waals surface area contributed by atoms with Gasteiger partial charge >= 0.3 is 0 Å². The van der Waals surface area contributed by atoms with Crippen molar-refractivity contribution in [2.45, 2.75) is 32.4 Å². The van der Waals surface area contributed by atoms with Gasteiger partial charge in [-0.25, -0.2) is 0 Å². The fourth-order valence-electron chi connectivity index (χ4n) is 1.14. The van der Waals surface area contributed by atoms with E-state index in [1.54, 1.807) is 6.92 Å². The van der Waals surface area contributed by atoms with Crippen LogP contribution >= 0.6 is 0 Å². The number of hydrogen-bond donors (Lipinski definition) is 3. The van der Waals surface area contributed by atoms with Gasteiger partial charge < -0.3 is 10.4 Å². The summed E-state index contributed by atoms with van der Waals surface area (Å²) < 4.78 is 0. The van der Waals surface area contributed by atoms with Crippen LogP contribution in [0.4, 0.5) is 0 Å². The molecule has 2 unspecified atom stereocenters. The van der Waals surface area contributed by atoms with Crippen LogP contribution in [0.1, 0.15) is 20.3 Å². The Morgan fingerprint density at radius 2 is 2.21 bits per heavy atom. The number of aliphatic hydroxyl groups is 1. The summed E-state index contributed by atoms with van der Waals surface area (Å²) in [5, 5.41) is 14.6. The summed E-state index contributed by atoms with van der Waals surface area (Å²) in [7, 11) is 0. The molecule has 0 saturated carbocycles. The van der Waals surface area contributed by atoms with Crippen LogP contribution in [0.5, 0.6) is 0 Å². The van der Waals surface area contributed by atoms with E-state index in [1.807, 2.05) is 6.92 Å². The van der Waals surface area contributed by atoms with Crippen molar-refractivity contribution >= 4 is 5.91 Å². The number of rotatable bonds is 6. The zero-order chi connectivity index (χ0) is 11.0. The van der Waals surface area contributed by atoms with E-state index < -0.39 is 6.10 Å². The molecular formula is C10H18N2O2. The van der Waals surface area contributed by atoms with Crippen LogP contribution in [0, 0.1) is 12.3 Å². The number of carbonyl (C=O) groups excluding carboxylic acids is 1. The molecule has 0 aliphatic heterocycles. The van der Waals surface area contributed by atoms with Gasteiger partial charge in [0.2, 0.25) is 5.91 Å². The third kappa shape index (κ3) is 7.59. The second-order valence-electron chi connectivity index (χ2n) is 3.36. The van der Waals surface area contributed by atoms with E-state index in [0.717, 1.165) is 0 Å². The van der Waals surface area contributed by atoms with Gasteiger partial charge in [0.05, 0.1) is 19.2 Å². The minimum Gasteiger partial charge on any atom is -0.393 e. The van der Waals surface area contributed by atoms with Crippen molar-refractivity contribution in [1.82, 2.24) is 10.6 Å². The first-order valence-electron chi connectivity index (χ1n) is 4.68. The highest BCUT2D eigenvalue weighted by Gasteiger charge is 2.08. The Bertz CT molecular complexity index is 209. The van der Waals surface area contributed by atoms with Gasteiger partial charge in [0.15, 0.2) is 0 Å². The molecule has 0 aromatic carbocycles. The zero-order valence-corrected chi connectivity index (χ0v) is 8.71. The molecule has 0 radical (unpaired) electrons. The molecule has 0 bridgehead atoms. The van der Waals surface area contributed by atoms with Gasteiger partial charge in [-0.2, -0.15) is 0 Å². The smallest absolute Gasteiger partial charge is 0.234 e. The van der Waals surface area contributed by atoms with Crippen molar-refractivity contribution in [3.63, 3.8) is 0 Å². The predicted molar refractivity (Wildman–Crippen MR) is 55.6 cm³/mol. The number of carbonyl (C=O) groups is 1. The van der Waals surface area contributed by atoms with Crippen molar-refractivity contribution in [1.29, 1.82) is 0 Å². The van der Waals surface area contributed by atoms with Gasteiger partial charge in [0.1, 0.15) is 0 Å². The molecule has 80 valence electrons. The number of terminal acetylenes is 1. The number of nitrogens with one attached hydrogen (secondary N) is 2. The first kappa shape index (κ1) is 12.9. The molecule has 4 heteroatoms. The van der Waals surface area contributed by atoms with Crippen LogP contribution in [-0.4, -0.2) is 36.2 Å². The van der Waals surface area contributed by atoms with E-state index >= 15 is 0 Å². The van der Waals surface area contributed by atoms with Crippen LogP contribution in [0.3, 0.4) is 0 Å². The Kier molecular flexibility index (Phi) is 6.81. The fraction of sp³-hybridized carbons (Fsp3) is 0.700. The summed E-state index contributed by atoms with van der Waals surface area (Å²) in [5.74, 6) is 2.27. The molecule has 0 aromatic rings. The van der Waals surface area contributed by atoms with Gasteiger partial charge in [0.25, 0.3) is 0 Å². The van der Waals surface area contributed by atoms with Crippen molar-refractivity contribution in [3.05, 3.63) is 0 Å². The maximum Gasteiger partial charge on any atom is 0.234 e. The van der Waals surface area contributed by atoms with Crippen LogP contribution in [0.15, 0.2) is 0 Å². The van der Waals surface area contributed by atoms with Gasteiger partial charge in [-0.1, -0.05) is 5.92 Å². The molecule has 3 N–H and O–H groups in total. The first-order valence-corrected chi connectivity index (χ1v) is 4.68. The highest BCUT2D eigenvalue weighted by atomic mass is 16.3. The lowest BCUT2D eigenvalue weighted by Crippen LogP contribution is -2.40. The van der Waals surface area contributed by atoms with E-state index in [2.05, 4.69) is 16.6 Å². The molecule has 0 aliphatic rings. The van der Waals surface area contributed by atoms with Crippen LogP contribution in [0.2, 0.25) is 0 Å². The van der Waals surface area contributed by atoms with Crippen molar-refractivity contribution in [2.75, 3.05) is 13.1 Å².